The molecule has 3 aliphatic heterocycles. The molecule has 3 N–H and O–H groups in total. The van der Waals surface area contributed by atoms with Gasteiger partial charge in [0.05, 0.1) is 16.6 Å². The van der Waals surface area contributed by atoms with E-state index in [1.165, 1.54) is 0 Å². The fourth-order valence-corrected chi connectivity index (χ4v) is 9.56. The van der Waals surface area contributed by atoms with Crippen molar-refractivity contribution in [3.63, 3.8) is 0 Å². The number of aliphatic hydroxyl groups is 1. The summed E-state index contributed by atoms with van der Waals surface area (Å²) < 4.78 is -0.670. The van der Waals surface area contributed by atoms with Crippen LogP contribution in [0.3, 0.4) is 0 Å². The van der Waals surface area contributed by atoms with Crippen LogP contribution in [0.2, 0.25) is 0 Å². The second-order valence-corrected chi connectivity index (χ2v) is 12.8. The van der Waals surface area contributed by atoms with Gasteiger partial charge in [-0.05, 0) is 53.6 Å². The van der Waals surface area contributed by atoms with Crippen LogP contribution in [-0.4, -0.2) is 56.9 Å². The predicted molar refractivity (Wildman–Crippen MR) is 158 cm³/mol. The number of thioether (sulfide) groups is 1. The SMILES string of the molecule is CC1C[C@@H]2SC13C(C(=O)Nc1ccc4ccccc4c1)N(CCCCO)C(=O)[C@@H]3[C@@H]2C(=O)NCc1ccccc1. The molecule has 3 aliphatic rings. The summed E-state index contributed by atoms with van der Waals surface area (Å²) in [6.45, 7) is 2.94. The van der Waals surface area contributed by atoms with Gasteiger partial charge < -0.3 is 20.6 Å². The average molecular weight is 558 g/mol. The molecule has 3 aromatic rings. The number of unbranched alkanes of at least 4 members (excludes halogenated alkanes) is 1. The Morgan fingerprint density at radius 3 is 2.52 bits per heavy atom. The number of anilines is 1. The molecule has 3 aromatic carbocycles. The van der Waals surface area contributed by atoms with Crippen LogP contribution >= 0.6 is 11.8 Å². The Balaban J connectivity index is 1.30. The number of aliphatic hydroxyl groups excluding tert-OH is 1. The molecule has 3 heterocycles. The zero-order chi connectivity index (χ0) is 27.9. The number of amides is 3. The number of hydrogen-bond acceptors (Lipinski definition) is 5. The van der Waals surface area contributed by atoms with Crippen molar-refractivity contribution in [3.8, 4) is 0 Å². The highest BCUT2D eigenvalue weighted by Crippen LogP contribution is 2.68. The summed E-state index contributed by atoms with van der Waals surface area (Å²) in [6, 6.07) is 22.9. The monoisotopic (exact) mass is 557 g/mol. The van der Waals surface area contributed by atoms with E-state index in [4.69, 9.17) is 0 Å². The van der Waals surface area contributed by atoms with Crippen molar-refractivity contribution < 1.29 is 19.5 Å². The lowest BCUT2D eigenvalue weighted by Crippen LogP contribution is -2.55. The molecule has 2 bridgehead atoms. The molecule has 3 amide bonds. The molecular weight excluding hydrogens is 522 g/mol. The van der Waals surface area contributed by atoms with Crippen molar-refractivity contribution in [2.45, 2.75) is 48.8 Å². The Morgan fingerprint density at radius 1 is 1.00 bits per heavy atom. The van der Waals surface area contributed by atoms with E-state index in [0.29, 0.717) is 31.6 Å². The van der Waals surface area contributed by atoms with Gasteiger partial charge in [0.1, 0.15) is 6.04 Å². The number of nitrogens with zero attached hydrogens (tertiary/aromatic N) is 1. The molecule has 1 spiro atoms. The fraction of sp³-hybridized carbons (Fsp3) is 0.406. The van der Waals surface area contributed by atoms with Gasteiger partial charge in [0.25, 0.3) is 0 Å². The summed E-state index contributed by atoms with van der Waals surface area (Å²) in [6.07, 6.45) is 1.94. The highest BCUT2D eigenvalue weighted by Gasteiger charge is 2.75. The van der Waals surface area contributed by atoms with Crippen LogP contribution in [0.1, 0.15) is 31.7 Å². The third kappa shape index (κ3) is 4.47. The Kier molecular flexibility index (Phi) is 7.31. The maximum Gasteiger partial charge on any atom is 0.248 e. The molecule has 0 aliphatic carbocycles. The quantitative estimate of drug-likeness (QED) is 0.343. The van der Waals surface area contributed by atoms with Crippen LogP contribution < -0.4 is 10.6 Å². The van der Waals surface area contributed by atoms with Gasteiger partial charge in [0, 0.05) is 30.6 Å². The molecular formula is C32H35N3O4S. The number of carbonyl (C=O) groups excluding carboxylic acids is 3. The molecule has 7 nitrogen and oxygen atoms in total. The lowest BCUT2D eigenvalue weighted by Gasteiger charge is -2.38. The molecule has 0 aromatic heterocycles. The Bertz CT molecular complexity index is 1430. The van der Waals surface area contributed by atoms with E-state index in [1.54, 1.807) is 16.7 Å². The maximum absolute atomic E-state index is 14.1. The fourth-order valence-electron chi connectivity index (χ4n) is 7.13. The highest BCUT2D eigenvalue weighted by atomic mass is 32.2. The van der Waals surface area contributed by atoms with Crippen molar-refractivity contribution in [1.29, 1.82) is 0 Å². The van der Waals surface area contributed by atoms with Gasteiger partial charge in [-0.1, -0.05) is 67.6 Å². The zero-order valence-electron chi connectivity index (χ0n) is 22.6. The molecule has 3 saturated heterocycles. The van der Waals surface area contributed by atoms with Gasteiger partial charge in [-0.25, -0.2) is 0 Å². The van der Waals surface area contributed by atoms with Crippen molar-refractivity contribution in [3.05, 3.63) is 78.4 Å². The maximum atomic E-state index is 14.1. The molecule has 3 fully saturated rings. The number of hydrogen-bond donors (Lipinski definition) is 3. The van der Waals surface area contributed by atoms with Crippen LogP contribution in [0.4, 0.5) is 5.69 Å². The third-order valence-corrected chi connectivity index (χ3v) is 11.0. The lowest BCUT2D eigenvalue weighted by atomic mass is 9.66. The van der Waals surface area contributed by atoms with Gasteiger partial charge >= 0.3 is 0 Å². The summed E-state index contributed by atoms with van der Waals surface area (Å²) in [4.78, 5) is 43.6. The van der Waals surface area contributed by atoms with E-state index in [0.717, 1.165) is 22.8 Å². The van der Waals surface area contributed by atoms with Crippen LogP contribution in [0.25, 0.3) is 10.8 Å². The van der Waals surface area contributed by atoms with E-state index in [-0.39, 0.29) is 35.5 Å². The Morgan fingerprint density at radius 2 is 1.75 bits per heavy atom. The molecule has 0 radical (unpaired) electrons. The topological polar surface area (TPSA) is 98.7 Å². The molecule has 3 unspecified atom stereocenters. The van der Waals surface area contributed by atoms with Crippen LogP contribution in [-0.2, 0) is 20.9 Å². The standard InChI is InChI=1S/C32H35N3O4S/c1-20-17-25-26(29(37)33-19-21-9-3-2-4-10-21)27-31(39)35(15-7-8-16-36)28(32(20,27)40-25)30(38)34-24-14-13-22-11-5-6-12-23(22)18-24/h2-6,9-14,18,20,25-28,36H,7-8,15-17,19H2,1H3,(H,33,37)(H,34,38)/t20?,25-,26+,27-,28?,32?/m0/s1. The molecule has 8 heteroatoms. The lowest BCUT2D eigenvalue weighted by molar-refractivity contribution is -0.139. The smallest absolute Gasteiger partial charge is 0.248 e. The molecule has 6 atom stereocenters. The van der Waals surface area contributed by atoms with E-state index in [9.17, 15) is 19.5 Å². The van der Waals surface area contributed by atoms with Crippen LogP contribution in [0, 0.1) is 17.8 Å². The van der Waals surface area contributed by atoms with Crippen molar-refractivity contribution in [1.82, 2.24) is 10.2 Å². The first-order chi connectivity index (χ1) is 19.4. The van der Waals surface area contributed by atoms with Crippen LogP contribution in [0.5, 0.6) is 0 Å². The zero-order valence-corrected chi connectivity index (χ0v) is 23.4. The average Bonchev–Trinajstić information content (AvgIpc) is 3.56. The molecule has 208 valence electrons. The number of carbonyl (C=O) groups is 3. The molecule has 40 heavy (non-hydrogen) atoms. The largest absolute Gasteiger partial charge is 0.396 e. The van der Waals surface area contributed by atoms with E-state index in [1.807, 2.05) is 72.8 Å². The van der Waals surface area contributed by atoms with Gasteiger partial charge in [-0.3, -0.25) is 14.4 Å². The number of fused-ring (bicyclic) bond motifs is 2. The van der Waals surface area contributed by atoms with E-state index in [2.05, 4.69) is 17.6 Å². The van der Waals surface area contributed by atoms with E-state index >= 15 is 0 Å². The molecule has 6 rings (SSSR count). The second-order valence-electron chi connectivity index (χ2n) is 11.3. The number of likely N-dealkylation sites (tertiary alicyclic amines) is 1. The number of rotatable bonds is 9. The summed E-state index contributed by atoms with van der Waals surface area (Å²) in [5.74, 6) is -1.36. The first kappa shape index (κ1) is 26.8. The first-order valence-corrected chi connectivity index (χ1v) is 15.0. The van der Waals surface area contributed by atoms with Crippen molar-refractivity contribution >= 4 is 45.9 Å². The number of benzene rings is 3. The summed E-state index contributed by atoms with van der Waals surface area (Å²) in [7, 11) is 0. The minimum Gasteiger partial charge on any atom is -0.396 e. The predicted octanol–water partition coefficient (Wildman–Crippen LogP) is 4.20. The summed E-state index contributed by atoms with van der Waals surface area (Å²) in [5.41, 5.74) is 1.69. The highest BCUT2D eigenvalue weighted by molar-refractivity contribution is 8.02. The second kappa shape index (κ2) is 10.9. The van der Waals surface area contributed by atoms with Gasteiger partial charge in [0.2, 0.25) is 17.7 Å². The third-order valence-electron chi connectivity index (χ3n) is 8.93. The minimum atomic E-state index is -0.688. The Labute approximate surface area is 238 Å². The van der Waals surface area contributed by atoms with Crippen LogP contribution in [0.15, 0.2) is 72.8 Å². The van der Waals surface area contributed by atoms with Gasteiger partial charge in [0.15, 0.2) is 0 Å². The minimum absolute atomic E-state index is 0.00437. The van der Waals surface area contributed by atoms with E-state index < -0.39 is 22.6 Å². The van der Waals surface area contributed by atoms with Gasteiger partial charge in [-0.15, -0.1) is 11.8 Å². The van der Waals surface area contributed by atoms with Gasteiger partial charge in [-0.2, -0.15) is 0 Å². The summed E-state index contributed by atoms with van der Waals surface area (Å²) >= 11 is 1.68. The molecule has 0 saturated carbocycles. The Hall–Kier alpha value is -3.36. The summed E-state index contributed by atoms with van der Waals surface area (Å²) in [5, 5.41) is 17.7. The van der Waals surface area contributed by atoms with Crippen molar-refractivity contribution in [2.75, 3.05) is 18.5 Å². The normalized spacial score (nSPS) is 28.6. The number of nitrogens with one attached hydrogen (secondary N) is 2. The van der Waals surface area contributed by atoms with Crippen molar-refractivity contribution in [2.24, 2.45) is 17.8 Å². The first-order valence-electron chi connectivity index (χ1n) is 14.1.